The molecule has 1 aromatic heterocycles. The third-order valence-electron chi connectivity index (χ3n) is 3.08. The zero-order valence-corrected chi connectivity index (χ0v) is 12.3. The van der Waals surface area contributed by atoms with E-state index in [0.717, 1.165) is 0 Å². The van der Waals surface area contributed by atoms with Crippen molar-refractivity contribution in [3.63, 3.8) is 0 Å². The minimum absolute atomic E-state index is 0.00311. The molecule has 1 heterocycles. The first-order valence-electron chi connectivity index (χ1n) is 6.98. The van der Waals surface area contributed by atoms with Crippen LogP contribution in [-0.4, -0.2) is 34.2 Å². The van der Waals surface area contributed by atoms with Gasteiger partial charge < -0.3 is 16.8 Å². The summed E-state index contributed by atoms with van der Waals surface area (Å²) < 4.78 is 1.36. The van der Waals surface area contributed by atoms with Crippen LogP contribution in [0.25, 0.3) is 5.69 Å². The van der Waals surface area contributed by atoms with E-state index < -0.39 is 5.91 Å². The molecule has 1 unspecified atom stereocenters. The van der Waals surface area contributed by atoms with Crippen molar-refractivity contribution in [2.45, 2.75) is 19.4 Å². The number of nitrogens with two attached hydrogens (primary N) is 2. The lowest BCUT2D eigenvalue weighted by atomic mass is 10.2. The van der Waals surface area contributed by atoms with Gasteiger partial charge in [0.1, 0.15) is 5.69 Å². The number of carbonyl (C=O) groups is 2. The fraction of sp³-hybridized carbons (Fsp3) is 0.267. The largest absolute Gasteiger partial charge is 0.364 e. The lowest BCUT2D eigenvalue weighted by Gasteiger charge is -2.05. The first kappa shape index (κ1) is 15.7. The molecule has 2 rings (SSSR count). The van der Waals surface area contributed by atoms with Crippen molar-refractivity contribution in [1.82, 2.24) is 15.1 Å². The van der Waals surface area contributed by atoms with Crippen molar-refractivity contribution in [3.8, 4) is 5.69 Å². The molecule has 0 bridgehead atoms. The summed E-state index contributed by atoms with van der Waals surface area (Å²) in [6.07, 6.45) is 0.661. The summed E-state index contributed by atoms with van der Waals surface area (Å²) in [5.74, 6) is -1.01. The minimum Gasteiger partial charge on any atom is -0.364 e. The van der Waals surface area contributed by atoms with E-state index >= 15 is 0 Å². The number of benzene rings is 1. The number of rotatable bonds is 6. The molecule has 0 fully saturated rings. The Morgan fingerprint density at radius 1 is 1.32 bits per heavy atom. The van der Waals surface area contributed by atoms with Gasteiger partial charge in [-0.15, -0.1) is 0 Å². The number of amides is 2. The summed E-state index contributed by atoms with van der Waals surface area (Å²) in [4.78, 5) is 23.6. The molecular weight excluding hydrogens is 282 g/mol. The highest BCUT2D eigenvalue weighted by Crippen LogP contribution is 2.12. The Hall–Kier alpha value is -2.67. The molecule has 116 valence electrons. The van der Waals surface area contributed by atoms with Gasteiger partial charge in [0.05, 0.1) is 5.69 Å². The van der Waals surface area contributed by atoms with E-state index in [1.165, 1.54) is 10.7 Å². The fourth-order valence-electron chi connectivity index (χ4n) is 1.94. The van der Waals surface area contributed by atoms with Crippen LogP contribution in [0.15, 0.2) is 36.4 Å². The van der Waals surface area contributed by atoms with E-state index in [4.69, 9.17) is 11.5 Å². The van der Waals surface area contributed by atoms with Crippen LogP contribution in [-0.2, 0) is 0 Å². The number of hydrogen-bond acceptors (Lipinski definition) is 4. The highest BCUT2D eigenvalue weighted by Gasteiger charge is 2.18. The maximum absolute atomic E-state index is 12.1. The molecule has 7 heteroatoms. The molecule has 1 aromatic carbocycles. The van der Waals surface area contributed by atoms with E-state index in [0.29, 0.717) is 18.7 Å². The van der Waals surface area contributed by atoms with Crippen molar-refractivity contribution in [3.05, 3.63) is 47.8 Å². The molecule has 0 radical (unpaired) electrons. The third-order valence-corrected chi connectivity index (χ3v) is 3.08. The van der Waals surface area contributed by atoms with Gasteiger partial charge in [-0.25, -0.2) is 4.68 Å². The summed E-state index contributed by atoms with van der Waals surface area (Å²) in [7, 11) is 0. The number of nitrogens with one attached hydrogen (secondary N) is 1. The molecule has 22 heavy (non-hydrogen) atoms. The molecule has 0 aliphatic rings. The van der Waals surface area contributed by atoms with E-state index in [2.05, 4.69) is 10.4 Å². The Balaban J connectivity index is 2.24. The molecule has 0 saturated carbocycles. The fourth-order valence-corrected chi connectivity index (χ4v) is 1.94. The number of carbonyl (C=O) groups excluding carboxylic acids is 2. The molecule has 2 amide bonds. The zero-order chi connectivity index (χ0) is 16.1. The standard InChI is InChI=1S/C15H19N5O2/c1-10(16)7-8-18-15(22)12-9-13(14(17)21)20(19-12)11-5-3-2-4-6-11/h2-6,9-10H,7-8,16H2,1H3,(H2,17,21)(H,18,22). The van der Waals surface area contributed by atoms with Crippen molar-refractivity contribution in [1.29, 1.82) is 0 Å². The maximum Gasteiger partial charge on any atom is 0.271 e. The quantitative estimate of drug-likeness (QED) is 0.717. The monoisotopic (exact) mass is 301 g/mol. The molecule has 0 saturated heterocycles. The summed E-state index contributed by atoms with van der Waals surface area (Å²) in [6, 6.07) is 10.4. The molecule has 0 spiro atoms. The average molecular weight is 301 g/mol. The predicted molar refractivity (Wildman–Crippen MR) is 82.7 cm³/mol. The van der Waals surface area contributed by atoms with Gasteiger partial charge in [-0.1, -0.05) is 18.2 Å². The Morgan fingerprint density at radius 2 is 2.00 bits per heavy atom. The summed E-state index contributed by atoms with van der Waals surface area (Å²) in [6.45, 7) is 2.31. The minimum atomic E-state index is -0.647. The number of primary amides is 1. The molecule has 0 aliphatic carbocycles. The second-order valence-electron chi connectivity index (χ2n) is 5.05. The van der Waals surface area contributed by atoms with Gasteiger partial charge >= 0.3 is 0 Å². The molecule has 0 aliphatic heterocycles. The lowest BCUT2D eigenvalue weighted by molar-refractivity contribution is 0.0946. The van der Waals surface area contributed by atoms with Gasteiger partial charge in [-0.2, -0.15) is 5.10 Å². The molecule has 5 N–H and O–H groups in total. The van der Waals surface area contributed by atoms with Gasteiger partial charge in [0.15, 0.2) is 5.69 Å². The van der Waals surface area contributed by atoms with Crippen LogP contribution < -0.4 is 16.8 Å². The number of nitrogens with zero attached hydrogens (tertiary/aromatic N) is 2. The summed E-state index contributed by atoms with van der Waals surface area (Å²) in [5, 5.41) is 6.89. The number of aromatic nitrogens is 2. The highest BCUT2D eigenvalue weighted by atomic mass is 16.2. The molecule has 1 atom stereocenters. The van der Waals surface area contributed by atoms with Gasteiger partial charge in [0, 0.05) is 18.7 Å². The van der Waals surface area contributed by atoms with E-state index in [1.54, 1.807) is 12.1 Å². The van der Waals surface area contributed by atoms with E-state index in [-0.39, 0.29) is 23.3 Å². The summed E-state index contributed by atoms with van der Waals surface area (Å²) in [5.41, 5.74) is 11.9. The Bertz CT molecular complexity index is 664. The summed E-state index contributed by atoms with van der Waals surface area (Å²) >= 11 is 0. The first-order valence-corrected chi connectivity index (χ1v) is 6.98. The van der Waals surface area contributed by atoms with Crippen molar-refractivity contribution < 1.29 is 9.59 Å². The Labute approximate surface area is 128 Å². The Kier molecular flexibility index (Phi) is 4.90. The van der Waals surface area contributed by atoms with Crippen LogP contribution in [0.3, 0.4) is 0 Å². The number of hydrogen-bond donors (Lipinski definition) is 3. The van der Waals surface area contributed by atoms with Gasteiger partial charge in [0.2, 0.25) is 0 Å². The average Bonchev–Trinajstić information content (AvgIpc) is 2.93. The molecule has 2 aromatic rings. The van der Waals surface area contributed by atoms with Gasteiger partial charge in [-0.3, -0.25) is 9.59 Å². The maximum atomic E-state index is 12.1. The van der Waals surface area contributed by atoms with Crippen LogP contribution in [0.4, 0.5) is 0 Å². The zero-order valence-electron chi connectivity index (χ0n) is 12.3. The van der Waals surface area contributed by atoms with E-state index in [1.807, 2.05) is 25.1 Å². The molecule has 7 nitrogen and oxygen atoms in total. The normalized spacial score (nSPS) is 11.9. The molecular formula is C15H19N5O2. The van der Waals surface area contributed by atoms with Crippen LogP contribution in [0.5, 0.6) is 0 Å². The SMILES string of the molecule is CC(N)CCNC(=O)c1cc(C(N)=O)n(-c2ccccc2)n1. The highest BCUT2D eigenvalue weighted by molar-refractivity contribution is 5.97. The van der Waals surface area contributed by atoms with Crippen molar-refractivity contribution in [2.24, 2.45) is 11.5 Å². The smallest absolute Gasteiger partial charge is 0.271 e. The van der Waals surface area contributed by atoms with E-state index in [9.17, 15) is 9.59 Å². The second kappa shape index (κ2) is 6.86. The predicted octanol–water partition coefficient (Wildman–Crippen LogP) is 0.438. The lowest BCUT2D eigenvalue weighted by Crippen LogP contribution is -2.29. The van der Waals surface area contributed by atoms with Crippen LogP contribution in [0.1, 0.15) is 34.3 Å². The van der Waals surface area contributed by atoms with Gasteiger partial charge in [0.25, 0.3) is 11.8 Å². The van der Waals surface area contributed by atoms with Crippen molar-refractivity contribution >= 4 is 11.8 Å². The van der Waals surface area contributed by atoms with Crippen molar-refractivity contribution in [2.75, 3.05) is 6.54 Å². The second-order valence-corrected chi connectivity index (χ2v) is 5.05. The van der Waals surface area contributed by atoms with Crippen LogP contribution in [0, 0.1) is 0 Å². The first-order chi connectivity index (χ1) is 10.5. The van der Waals surface area contributed by atoms with Crippen LogP contribution >= 0.6 is 0 Å². The third kappa shape index (κ3) is 3.70. The number of para-hydroxylation sites is 1. The van der Waals surface area contributed by atoms with Gasteiger partial charge in [-0.05, 0) is 25.5 Å². The van der Waals surface area contributed by atoms with Crippen LogP contribution in [0.2, 0.25) is 0 Å². The Morgan fingerprint density at radius 3 is 2.59 bits per heavy atom. The topological polar surface area (TPSA) is 116 Å².